The molecule has 0 saturated carbocycles. The fraction of sp³-hybridized carbons (Fsp3) is 0.333. The first-order chi connectivity index (χ1) is 3.31. The van der Waals surface area contributed by atoms with E-state index in [1.54, 1.807) is 6.92 Å². The zero-order chi connectivity index (χ0) is 5.70. The van der Waals surface area contributed by atoms with Crippen LogP contribution in [0.15, 0.2) is 11.6 Å². The van der Waals surface area contributed by atoms with Gasteiger partial charge in [0.15, 0.2) is 0 Å². The second kappa shape index (κ2) is 22.6. The molecule has 0 heterocycles. The zero-order valence-corrected chi connectivity index (χ0v) is 12.4. The average Bonchev–Trinajstić information content (AvgIpc) is 1.68. The summed E-state index contributed by atoms with van der Waals surface area (Å²) >= 11 is 0. The van der Waals surface area contributed by atoms with E-state index in [0.29, 0.717) is 5.57 Å². The van der Waals surface area contributed by atoms with Crippen LogP contribution in [0.25, 0.3) is 0 Å². The van der Waals surface area contributed by atoms with Gasteiger partial charge < -0.3 is 45.5 Å². The summed E-state index contributed by atoms with van der Waals surface area (Å²) in [5, 5.41) is 9.70. The molecule has 0 spiro atoms. The first-order valence-electron chi connectivity index (χ1n) is 1.99. The maximum absolute atomic E-state index is 9.70. The molecule has 0 saturated heterocycles. The van der Waals surface area contributed by atoms with Gasteiger partial charge in [-0.15, -0.1) is 13.5 Å². The molecule has 0 aliphatic rings. The molecule has 0 aromatic rings. The van der Waals surface area contributed by atoms with Gasteiger partial charge in [-0.2, -0.15) is 11.6 Å². The van der Waals surface area contributed by atoms with Crippen LogP contribution in [0, 0.1) is 12.3 Å². The van der Waals surface area contributed by atoms with Crippen molar-refractivity contribution in [2.45, 2.75) is 6.92 Å². The molecule has 0 atom stereocenters. The van der Waals surface area contributed by atoms with Crippen molar-refractivity contribution in [3.8, 4) is 5.92 Å². The van der Waals surface area contributed by atoms with Gasteiger partial charge in [0.2, 0.25) is 0 Å². The second-order valence-electron chi connectivity index (χ2n) is 1.18. The Kier molecular flexibility index (Phi) is 60.2. The normalized spacial score (nSPS) is 6.82. The van der Waals surface area contributed by atoms with Gasteiger partial charge in [0.25, 0.3) is 0 Å². The van der Waals surface area contributed by atoms with Crippen molar-refractivity contribution in [2.75, 3.05) is 6.61 Å². The van der Waals surface area contributed by atoms with E-state index in [0.717, 1.165) is 0 Å². The summed E-state index contributed by atoms with van der Waals surface area (Å²) in [6, 6.07) is 0. The molecule has 0 aromatic heterocycles. The van der Waals surface area contributed by atoms with E-state index < -0.39 is 0 Å². The summed E-state index contributed by atoms with van der Waals surface area (Å²) in [6.45, 7) is 1.42. The third-order valence-electron chi connectivity index (χ3n) is 0.587. The van der Waals surface area contributed by atoms with Crippen LogP contribution in [0.5, 0.6) is 0 Å². The standard InChI is InChI=1S/C6H6O.2BrH.2Mg/c1-3-6(2)4-5-7;;;;/h4H,5H2,2H3;2*1H;;/q-2;;;2*+2/p-2/b6-4+;;;;. The maximum Gasteiger partial charge on any atom is 2.00 e. The van der Waals surface area contributed by atoms with Gasteiger partial charge in [0.1, 0.15) is 0 Å². The van der Waals surface area contributed by atoms with Gasteiger partial charge in [-0.25, -0.2) is 0 Å². The minimum absolute atomic E-state index is 0. The fourth-order valence-electron chi connectivity index (χ4n) is 0.176. The van der Waals surface area contributed by atoms with Gasteiger partial charge in [-0.05, 0) is 0 Å². The first kappa shape index (κ1) is 29.3. The van der Waals surface area contributed by atoms with Crippen LogP contribution in [0.3, 0.4) is 0 Å². The molecule has 0 fully saturated rings. The molecule has 0 radical (unpaired) electrons. The minimum atomic E-state index is -0.252. The molecule has 11 heavy (non-hydrogen) atoms. The van der Waals surface area contributed by atoms with Crippen LogP contribution in [0.4, 0.5) is 0 Å². The number of hydrogen-bond donors (Lipinski definition) is 0. The summed E-state index contributed by atoms with van der Waals surface area (Å²) in [7, 11) is 0. The molecule has 0 unspecified atom stereocenters. The van der Waals surface area contributed by atoms with Crippen LogP contribution < -0.4 is 39.1 Å². The Balaban J connectivity index is -0.0000000300. The fourth-order valence-corrected chi connectivity index (χ4v) is 0.176. The molecule has 1 nitrogen and oxygen atoms in total. The largest absolute Gasteiger partial charge is 2.00 e. The third kappa shape index (κ3) is 24.5. The Morgan fingerprint density at radius 1 is 1.45 bits per heavy atom. The van der Waals surface area contributed by atoms with E-state index in [-0.39, 0.29) is 86.7 Å². The van der Waals surface area contributed by atoms with Crippen molar-refractivity contribution in [3.05, 3.63) is 18.1 Å². The SMILES string of the molecule is [Br-].[Br-].[C-]#C/C(C)=C/C[O-].[Mg+2].[Mg+2]. The maximum atomic E-state index is 9.70. The molecule has 0 bridgehead atoms. The molecule has 0 aliphatic carbocycles. The number of halogens is 2. The molecule has 0 aliphatic heterocycles. The van der Waals surface area contributed by atoms with Crippen molar-refractivity contribution in [1.82, 2.24) is 0 Å². The van der Waals surface area contributed by atoms with Crippen LogP contribution in [0.1, 0.15) is 6.92 Å². The molecule has 54 valence electrons. The van der Waals surface area contributed by atoms with Gasteiger partial charge >= 0.3 is 46.1 Å². The summed E-state index contributed by atoms with van der Waals surface area (Å²) in [5.41, 5.74) is 0.606. The summed E-state index contributed by atoms with van der Waals surface area (Å²) in [4.78, 5) is 0. The number of rotatable bonds is 1. The molecule has 0 N–H and O–H groups in total. The van der Waals surface area contributed by atoms with Crippen LogP contribution in [-0.4, -0.2) is 52.7 Å². The van der Waals surface area contributed by atoms with E-state index in [1.165, 1.54) is 6.08 Å². The van der Waals surface area contributed by atoms with Gasteiger partial charge in [-0.3, -0.25) is 5.92 Å². The van der Waals surface area contributed by atoms with Crippen molar-refractivity contribution in [3.63, 3.8) is 0 Å². The Morgan fingerprint density at radius 3 is 1.91 bits per heavy atom. The van der Waals surface area contributed by atoms with E-state index >= 15 is 0 Å². The predicted octanol–water partition coefficient (Wildman–Crippen LogP) is -6.87. The summed E-state index contributed by atoms with van der Waals surface area (Å²) < 4.78 is 0. The van der Waals surface area contributed by atoms with E-state index in [4.69, 9.17) is 6.42 Å². The summed E-state index contributed by atoms with van der Waals surface area (Å²) in [5.74, 6) is 2.08. The average molecular weight is 303 g/mol. The minimum Gasteiger partial charge on any atom is -1.00 e. The van der Waals surface area contributed by atoms with Crippen molar-refractivity contribution in [1.29, 1.82) is 0 Å². The first-order valence-corrected chi connectivity index (χ1v) is 1.99. The summed E-state index contributed by atoms with van der Waals surface area (Å²) in [6.07, 6.45) is 7.86. The van der Waals surface area contributed by atoms with E-state index in [2.05, 4.69) is 5.92 Å². The Labute approximate surface area is 121 Å². The van der Waals surface area contributed by atoms with Crippen molar-refractivity contribution in [2.24, 2.45) is 0 Å². The molecule has 0 aromatic carbocycles. The topological polar surface area (TPSA) is 23.1 Å². The monoisotopic (exact) mass is 300 g/mol. The number of allylic oxidation sites excluding steroid dienone is 1. The molecule has 0 rings (SSSR count). The van der Waals surface area contributed by atoms with E-state index in [9.17, 15) is 5.11 Å². The van der Waals surface area contributed by atoms with Gasteiger partial charge in [0.05, 0.1) is 0 Å². The molecule has 0 amide bonds. The molecular formula is C6H6Br2Mg2O. The molecule has 5 heteroatoms. The Morgan fingerprint density at radius 2 is 1.82 bits per heavy atom. The quantitative estimate of drug-likeness (QED) is 0.268. The van der Waals surface area contributed by atoms with Gasteiger partial charge in [0, 0.05) is 0 Å². The Bertz CT molecular complexity index is 120. The second-order valence-corrected chi connectivity index (χ2v) is 1.18. The van der Waals surface area contributed by atoms with Crippen LogP contribution in [0.2, 0.25) is 0 Å². The van der Waals surface area contributed by atoms with E-state index in [1.807, 2.05) is 0 Å². The van der Waals surface area contributed by atoms with Gasteiger partial charge in [-0.1, -0.05) is 0 Å². The van der Waals surface area contributed by atoms with Crippen LogP contribution in [-0.2, 0) is 0 Å². The number of hydrogen-bond acceptors (Lipinski definition) is 1. The molecular weight excluding hydrogens is 296 g/mol. The zero-order valence-electron chi connectivity index (χ0n) is 6.36. The Hall–Kier alpha value is 1.75. The smallest absolute Gasteiger partial charge is 1.00 e. The van der Waals surface area contributed by atoms with Crippen molar-refractivity contribution < 1.29 is 39.1 Å². The predicted molar refractivity (Wildman–Crippen MR) is 37.3 cm³/mol. The van der Waals surface area contributed by atoms with Crippen molar-refractivity contribution >= 4 is 46.1 Å². The van der Waals surface area contributed by atoms with Crippen LogP contribution >= 0.6 is 0 Å². The third-order valence-corrected chi connectivity index (χ3v) is 0.587.